The molecule has 0 radical (unpaired) electrons. The Morgan fingerprint density at radius 3 is 2.79 bits per heavy atom. The van der Waals surface area contributed by atoms with Crippen molar-refractivity contribution in [2.75, 3.05) is 6.54 Å². The average Bonchev–Trinajstić information content (AvgIpc) is 2.44. The van der Waals surface area contributed by atoms with E-state index in [9.17, 15) is 0 Å². The first-order chi connectivity index (χ1) is 9.27. The number of hydrogen-bond donors (Lipinski definition) is 1. The lowest BCUT2D eigenvalue weighted by molar-refractivity contribution is 0.292. The lowest BCUT2D eigenvalue weighted by Crippen LogP contribution is -2.41. The third-order valence-electron chi connectivity index (χ3n) is 4.65. The van der Waals surface area contributed by atoms with E-state index < -0.39 is 0 Å². The van der Waals surface area contributed by atoms with Gasteiger partial charge in [-0.25, -0.2) is 0 Å². The van der Waals surface area contributed by atoms with Crippen LogP contribution in [0.4, 0.5) is 0 Å². The van der Waals surface area contributed by atoms with Crippen molar-refractivity contribution < 1.29 is 0 Å². The number of nitrogens with one attached hydrogen (secondary N) is 1. The third kappa shape index (κ3) is 3.39. The molecule has 0 spiro atoms. The quantitative estimate of drug-likeness (QED) is 0.792. The molecule has 2 rings (SSSR count). The van der Waals surface area contributed by atoms with Crippen LogP contribution >= 0.6 is 0 Å². The highest BCUT2D eigenvalue weighted by molar-refractivity contribution is 5.33. The molecule has 3 atom stereocenters. The molecule has 19 heavy (non-hydrogen) atoms. The van der Waals surface area contributed by atoms with Crippen LogP contribution in [0.5, 0.6) is 0 Å². The Labute approximate surface area is 118 Å². The molecule has 1 aliphatic carbocycles. The molecule has 1 nitrogen and oxygen atoms in total. The molecule has 1 aliphatic rings. The van der Waals surface area contributed by atoms with Crippen molar-refractivity contribution in [2.45, 2.75) is 64.8 Å². The predicted molar refractivity (Wildman–Crippen MR) is 83.7 cm³/mol. The smallest absolute Gasteiger partial charge is 0.0161 e. The van der Waals surface area contributed by atoms with Gasteiger partial charge in [0.2, 0.25) is 0 Å². The van der Waals surface area contributed by atoms with Crippen LogP contribution in [-0.4, -0.2) is 12.6 Å². The van der Waals surface area contributed by atoms with Gasteiger partial charge in [0.25, 0.3) is 0 Å². The van der Waals surface area contributed by atoms with Gasteiger partial charge in [0.1, 0.15) is 0 Å². The zero-order valence-corrected chi connectivity index (χ0v) is 12.8. The molecule has 3 unspecified atom stereocenters. The molecular formula is C18H29N. The van der Waals surface area contributed by atoms with Crippen molar-refractivity contribution in [3.63, 3.8) is 0 Å². The highest BCUT2D eigenvalue weighted by atomic mass is 14.9. The summed E-state index contributed by atoms with van der Waals surface area (Å²) < 4.78 is 0. The predicted octanol–water partition coefficient (Wildman–Crippen LogP) is 4.52. The van der Waals surface area contributed by atoms with Crippen molar-refractivity contribution in [3.05, 3.63) is 35.4 Å². The lowest BCUT2D eigenvalue weighted by atomic mass is 9.74. The van der Waals surface area contributed by atoms with Gasteiger partial charge in [0.15, 0.2) is 0 Å². The maximum absolute atomic E-state index is 3.78. The molecule has 0 amide bonds. The van der Waals surface area contributed by atoms with Gasteiger partial charge < -0.3 is 5.32 Å². The largest absolute Gasteiger partial charge is 0.313 e. The third-order valence-corrected chi connectivity index (χ3v) is 4.65. The number of aryl methyl sites for hydroxylation is 1. The van der Waals surface area contributed by atoms with Crippen LogP contribution in [0.15, 0.2) is 24.3 Å². The molecule has 1 heteroatoms. The fourth-order valence-electron chi connectivity index (χ4n) is 3.78. The van der Waals surface area contributed by atoms with E-state index in [1.807, 2.05) is 0 Å². The average molecular weight is 259 g/mol. The Hall–Kier alpha value is -0.820. The Morgan fingerprint density at radius 2 is 2.05 bits per heavy atom. The summed E-state index contributed by atoms with van der Waals surface area (Å²) in [6, 6.07) is 9.74. The van der Waals surface area contributed by atoms with E-state index in [1.54, 1.807) is 11.1 Å². The van der Waals surface area contributed by atoms with E-state index in [2.05, 4.69) is 50.4 Å². The molecule has 0 saturated carbocycles. The first-order valence-corrected chi connectivity index (χ1v) is 8.09. The molecular weight excluding hydrogens is 230 g/mol. The van der Waals surface area contributed by atoms with Gasteiger partial charge in [-0.3, -0.25) is 0 Å². The second kappa shape index (κ2) is 7.09. The van der Waals surface area contributed by atoms with E-state index in [0.29, 0.717) is 12.0 Å². The maximum atomic E-state index is 3.78. The zero-order chi connectivity index (χ0) is 13.7. The number of benzene rings is 1. The van der Waals surface area contributed by atoms with E-state index in [-0.39, 0.29) is 0 Å². The molecule has 0 fully saturated rings. The molecule has 106 valence electrons. The summed E-state index contributed by atoms with van der Waals surface area (Å²) in [6.07, 6.45) is 6.59. The van der Waals surface area contributed by atoms with Gasteiger partial charge >= 0.3 is 0 Å². The molecule has 0 heterocycles. The summed E-state index contributed by atoms with van der Waals surface area (Å²) in [6.45, 7) is 8.04. The molecule has 0 saturated heterocycles. The van der Waals surface area contributed by atoms with Crippen LogP contribution in [0.3, 0.4) is 0 Å². The Kier molecular flexibility index (Phi) is 5.45. The monoisotopic (exact) mass is 259 g/mol. The summed E-state index contributed by atoms with van der Waals surface area (Å²) in [5.74, 6) is 1.48. The van der Waals surface area contributed by atoms with Crippen molar-refractivity contribution in [3.8, 4) is 0 Å². The van der Waals surface area contributed by atoms with Crippen molar-refractivity contribution in [1.29, 1.82) is 0 Å². The van der Waals surface area contributed by atoms with Crippen LogP contribution < -0.4 is 5.32 Å². The van der Waals surface area contributed by atoms with Gasteiger partial charge in [-0.05, 0) is 55.2 Å². The molecule has 0 aromatic heterocycles. The zero-order valence-electron chi connectivity index (χ0n) is 12.8. The SMILES string of the molecule is CCCC(C)C(NCC)C1CCCc2ccccc21. The fraction of sp³-hybridized carbons (Fsp3) is 0.667. The summed E-state index contributed by atoms with van der Waals surface area (Å²) in [5.41, 5.74) is 3.20. The molecule has 0 aliphatic heterocycles. The van der Waals surface area contributed by atoms with Gasteiger partial charge in [0.05, 0.1) is 0 Å². The summed E-state index contributed by atoms with van der Waals surface area (Å²) >= 11 is 0. The Morgan fingerprint density at radius 1 is 1.26 bits per heavy atom. The van der Waals surface area contributed by atoms with Gasteiger partial charge in [0, 0.05) is 6.04 Å². The second-order valence-electron chi connectivity index (χ2n) is 6.05. The molecule has 1 N–H and O–H groups in total. The highest BCUT2D eigenvalue weighted by Gasteiger charge is 2.30. The first-order valence-electron chi connectivity index (χ1n) is 8.09. The van der Waals surface area contributed by atoms with Crippen molar-refractivity contribution >= 4 is 0 Å². The number of fused-ring (bicyclic) bond motifs is 1. The normalized spacial score (nSPS) is 21.7. The second-order valence-corrected chi connectivity index (χ2v) is 6.05. The minimum absolute atomic E-state index is 0.645. The number of rotatable bonds is 6. The van der Waals surface area contributed by atoms with Crippen molar-refractivity contribution in [2.24, 2.45) is 5.92 Å². The minimum Gasteiger partial charge on any atom is -0.313 e. The van der Waals surface area contributed by atoms with Crippen LogP contribution in [0.1, 0.15) is 63.5 Å². The Bertz CT molecular complexity index is 385. The van der Waals surface area contributed by atoms with Crippen LogP contribution in [0.2, 0.25) is 0 Å². The topological polar surface area (TPSA) is 12.0 Å². The molecule has 1 aromatic rings. The van der Waals surface area contributed by atoms with E-state index in [1.165, 1.54) is 32.1 Å². The van der Waals surface area contributed by atoms with Gasteiger partial charge in [-0.15, -0.1) is 0 Å². The van der Waals surface area contributed by atoms with Gasteiger partial charge in [-0.1, -0.05) is 51.5 Å². The van der Waals surface area contributed by atoms with Crippen LogP contribution in [0, 0.1) is 5.92 Å². The fourth-order valence-corrected chi connectivity index (χ4v) is 3.78. The van der Waals surface area contributed by atoms with E-state index in [0.717, 1.165) is 12.5 Å². The lowest BCUT2D eigenvalue weighted by Gasteiger charge is -2.36. The Balaban J connectivity index is 2.22. The number of hydrogen-bond acceptors (Lipinski definition) is 1. The molecule has 0 bridgehead atoms. The van der Waals surface area contributed by atoms with Gasteiger partial charge in [-0.2, -0.15) is 0 Å². The standard InChI is InChI=1S/C18H29N/c1-4-9-14(3)18(19-5-2)17-13-8-11-15-10-6-7-12-16(15)17/h6-7,10,12,14,17-19H,4-5,8-9,11,13H2,1-3H3. The summed E-state index contributed by atoms with van der Waals surface area (Å²) in [4.78, 5) is 0. The minimum atomic E-state index is 0.645. The van der Waals surface area contributed by atoms with E-state index in [4.69, 9.17) is 0 Å². The van der Waals surface area contributed by atoms with Crippen LogP contribution in [0.25, 0.3) is 0 Å². The first kappa shape index (κ1) is 14.6. The van der Waals surface area contributed by atoms with Crippen molar-refractivity contribution in [1.82, 2.24) is 5.32 Å². The van der Waals surface area contributed by atoms with E-state index >= 15 is 0 Å². The maximum Gasteiger partial charge on any atom is 0.0161 e. The molecule has 1 aromatic carbocycles. The van der Waals surface area contributed by atoms with Crippen LogP contribution in [-0.2, 0) is 6.42 Å². The number of likely N-dealkylation sites (N-methyl/N-ethyl adjacent to an activating group) is 1. The summed E-state index contributed by atoms with van der Waals surface area (Å²) in [5, 5.41) is 3.78. The summed E-state index contributed by atoms with van der Waals surface area (Å²) in [7, 11) is 0. The highest BCUT2D eigenvalue weighted by Crippen LogP contribution is 2.37.